The largest absolute Gasteiger partial charge is 0.472 e. The van der Waals surface area contributed by atoms with Crippen molar-refractivity contribution in [3.63, 3.8) is 0 Å². The van der Waals surface area contributed by atoms with Crippen molar-refractivity contribution >= 4 is 19.8 Å². The Morgan fingerprint density at radius 1 is 0.360 bits per heavy atom. The van der Waals surface area contributed by atoms with Crippen molar-refractivity contribution in [3.05, 3.63) is 0 Å². The summed E-state index contributed by atoms with van der Waals surface area (Å²) in [5, 5.41) is 0. The maximum atomic E-state index is 12.9. The molecule has 9 nitrogen and oxygen atoms in total. The summed E-state index contributed by atoms with van der Waals surface area (Å²) < 4.78 is 34.7. The molecule has 448 valence electrons. The van der Waals surface area contributed by atoms with Gasteiger partial charge < -0.3 is 18.9 Å². The molecule has 0 saturated heterocycles. The monoisotopic (exact) mass is 1080 g/mol. The Labute approximate surface area is 467 Å². The highest BCUT2D eigenvalue weighted by Crippen LogP contribution is 2.43. The van der Waals surface area contributed by atoms with Gasteiger partial charge in [-0.05, 0) is 12.8 Å². The van der Waals surface area contributed by atoms with Crippen LogP contribution in [0.25, 0.3) is 0 Å². The third kappa shape index (κ3) is 62.1. The first-order chi connectivity index (χ1) is 36.5. The summed E-state index contributed by atoms with van der Waals surface area (Å²) in [6.45, 7) is 4.53. The zero-order valence-corrected chi connectivity index (χ0v) is 52.0. The number of rotatable bonds is 63. The van der Waals surface area contributed by atoms with Gasteiger partial charge in [-0.15, -0.1) is 0 Å². The van der Waals surface area contributed by atoms with Crippen LogP contribution in [-0.4, -0.2) is 74.9 Å². The quantitative estimate of drug-likeness (QED) is 0.0278. The lowest BCUT2D eigenvalue weighted by atomic mass is 10.0. The highest BCUT2D eigenvalue weighted by Gasteiger charge is 2.27. The number of quaternary nitrogens is 1. The van der Waals surface area contributed by atoms with Crippen molar-refractivity contribution in [1.29, 1.82) is 0 Å². The molecule has 0 heterocycles. The molecular formula is C65H131NO8P+. The molecule has 0 aromatic carbocycles. The molecule has 0 aliphatic carbocycles. The summed E-state index contributed by atoms with van der Waals surface area (Å²) in [6, 6.07) is 0. The van der Waals surface area contributed by atoms with Crippen molar-refractivity contribution in [2.24, 2.45) is 0 Å². The van der Waals surface area contributed by atoms with E-state index < -0.39 is 26.5 Å². The highest BCUT2D eigenvalue weighted by molar-refractivity contribution is 7.47. The Balaban J connectivity index is 4.01. The standard InChI is InChI=1S/C65H130NO8P/c1-6-8-10-12-14-16-18-20-22-24-26-28-30-32-33-34-36-38-40-42-44-46-48-50-52-54-56-58-65(68)74-63(62-73-75(69,70)72-60-59-66(3,4)5)61-71-64(67)57-55-53-51-49-47-45-43-41-39-37-35-31-29-27-25-23-21-19-17-15-13-11-9-7-2/h63H,6-62H2,1-5H3/p+1. The van der Waals surface area contributed by atoms with Crippen LogP contribution in [0.2, 0.25) is 0 Å². The number of phosphoric acid groups is 1. The van der Waals surface area contributed by atoms with E-state index in [9.17, 15) is 19.0 Å². The van der Waals surface area contributed by atoms with Gasteiger partial charge >= 0.3 is 19.8 Å². The molecule has 0 amide bonds. The summed E-state index contributed by atoms with van der Waals surface area (Å²) in [6.07, 6.45) is 67.7. The maximum absolute atomic E-state index is 12.9. The van der Waals surface area contributed by atoms with Gasteiger partial charge in [0.05, 0.1) is 27.7 Å². The van der Waals surface area contributed by atoms with Crippen LogP contribution in [0.15, 0.2) is 0 Å². The number of nitrogens with zero attached hydrogens (tertiary/aromatic N) is 1. The SMILES string of the molecule is CCCCCCCCCCCCCCCCCCCCCCCCCCCCCC(=O)OC(COC(=O)CCCCCCCCCCCCCCCCCCCCCCCCCC)COP(=O)(O)OCC[N+](C)(C)C. The van der Waals surface area contributed by atoms with Gasteiger partial charge in [0.2, 0.25) is 0 Å². The molecule has 2 atom stereocenters. The molecule has 0 aliphatic rings. The van der Waals surface area contributed by atoms with Crippen LogP contribution >= 0.6 is 7.82 Å². The maximum Gasteiger partial charge on any atom is 0.472 e. The molecule has 2 unspecified atom stereocenters. The van der Waals surface area contributed by atoms with Gasteiger partial charge in [0.25, 0.3) is 0 Å². The lowest BCUT2D eigenvalue weighted by molar-refractivity contribution is -0.870. The molecule has 0 aliphatic heterocycles. The summed E-state index contributed by atoms with van der Waals surface area (Å²) in [5.74, 6) is -0.769. The summed E-state index contributed by atoms with van der Waals surface area (Å²) in [7, 11) is 1.51. The summed E-state index contributed by atoms with van der Waals surface area (Å²) in [4.78, 5) is 35.8. The fourth-order valence-corrected chi connectivity index (χ4v) is 11.0. The average molecular weight is 1090 g/mol. The van der Waals surface area contributed by atoms with Crippen LogP contribution in [0.3, 0.4) is 0 Å². The molecule has 0 spiro atoms. The topological polar surface area (TPSA) is 108 Å². The van der Waals surface area contributed by atoms with E-state index in [4.69, 9.17) is 18.5 Å². The Hall–Kier alpha value is -0.990. The van der Waals surface area contributed by atoms with E-state index in [0.717, 1.165) is 38.5 Å². The second kappa shape index (κ2) is 57.7. The van der Waals surface area contributed by atoms with Crippen molar-refractivity contribution in [2.45, 2.75) is 360 Å². The van der Waals surface area contributed by atoms with E-state index in [-0.39, 0.29) is 25.6 Å². The van der Waals surface area contributed by atoms with Crippen LogP contribution in [0.1, 0.15) is 354 Å². The van der Waals surface area contributed by atoms with Gasteiger partial charge in [0.15, 0.2) is 6.10 Å². The number of phosphoric ester groups is 1. The molecule has 0 aromatic heterocycles. The third-order valence-corrected chi connectivity index (χ3v) is 16.4. The minimum absolute atomic E-state index is 0.0376. The van der Waals surface area contributed by atoms with Crippen molar-refractivity contribution < 1.29 is 42.1 Å². The zero-order valence-electron chi connectivity index (χ0n) is 51.1. The van der Waals surface area contributed by atoms with E-state index in [0.29, 0.717) is 17.4 Å². The van der Waals surface area contributed by atoms with Crippen LogP contribution in [0, 0.1) is 0 Å². The number of hydrogen-bond donors (Lipinski definition) is 1. The first-order valence-corrected chi connectivity index (χ1v) is 34.8. The minimum atomic E-state index is -4.38. The Morgan fingerprint density at radius 3 is 0.853 bits per heavy atom. The van der Waals surface area contributed by atoms with Gasteiger partial charge in [0, 0.05) is 12.8 Å². The van der Waals surface area contributed by atoms with Crippen LogP contribution < -0.4 is 0 Å². The molecule has 0 rings (SSSR count). The Bertz CT molecular complexity index is 1230. The van der Waals surface area contributed by atoms with Gasteiger partial charge in [0.1, 0.15) is 19.8 Å². The molecule has 10 heteroatoms. The number of ether oxygens (including phenoxy) is 2. The second-order valence-electron chi connectivity index (χ2n) is 24.2. The van der Waals surface area contributed by atoms with E-state index >= 15 is 0 Å². The fraction of sp³-hybridized carbons (Fsp3) is 0.969. The Kier molecular flexibility index (Phi) is 56.9. The molecule has 0 bridgehead atoms. The number of carbonyl (C=O) groups excluding carboxylic acids is 2. The first-order valence-electron chi connectivity index (χ1n) is 33.3. The van der Waals surface area contributed by atoms with Gasteiger partial charge in [-0.3, -0.25) is 18.6 Å². The van der Waals surface area contributed by atoms with Crippen LogP contribution in [0.5, 0.6) is 0 Å². The predicted octanol–water partition coefficient (Wildman–Crippen LogP) is 21.0. The number of unbranched alkanes of at least 4 members (excludes halogenated alkanes) is 49. The molecular weight excluding hydrogens is 954 g/mol. The lowest BCUT2D eigenvalue weighted by Crippen LogP contribution is -2.37. The first kappa shape index (κ1) is 74.0. The van der Waals surface area contributed by atoms with E-state index in [1.807, 2.05) is 21.1 Å². The summed E-state index contributed by atoms with van der Waals surface area (Å²) >= 11 is 0. The van der Waals surface area contributed by atoms with Gasteiger partial charge in [-0.25, -0.2) is 4.57 Å². The van der Waals surface area contributed by atoms with E-state index in [1.165, 1.54) is 289 Å². The lowest BCUT2D eigenvalue weighted by Gasteiger charge is -2.24. The van der Waals surface area contributed by atoms with E-state index in [1.54, 1.807) is 0 Å². The van der Waals surface area contributed by atoms with Crippen molar-refractivity contribution in [1.82, 2.24) is 0 Å². The number of carbonyl (C=O) groups is 2. The van der Waals surface area contributed by atoms with Crippen molar-refractivity contribution in [3.8, 4) is 0 Å². The molecule has 1 N–H and O–H groups in total. The van der Waals surface area contributed by atoms with Crippen LogP contribution in [-0.2, 0) is 32.7 Å². The smallest absolute Gasteiger partial charge is 0.462 e. The highest BCUT2D eigenvalue weighted by atomic mass is 31.2. The zero-order chi connectivity index (χ0) is 54.9. The molecule has 0 saturated carbocycles. The summed E-state index contributed by atoms with van der Waals surface area (Å²) in [5.41, 5.74) is 0. The normalized spacial score (nSPS) is 13.1. The molecule has 75 heavy (non-hydrogen) atoms. The van der Waals surface area contributed by atoms with Crippen LogP contribution in [0.4, 0.5) is 0 Å². The molecule has 0 fully saturated rings. The average Bonchev–Trinajstić information content (AvgIpc) is 3.37. The second-order valence-corrected chi connectivity index (χ2v) is 25.7. The minimum Gasteiger partial charge on any atom is -0.462 e. The fourth-order valence-electron chi connectivity index (χ4n) is 10.3. The number of esters is 2. The number of likely N-dealkylation sites (N-methyl/N-ethyl adjacent to an activating group) is 1. The van der Waals surface area contributed by atoms with E-state index in [2.05, 4.69) is 13.8 Å². The van der Waals surface area contributed by atoms with Gasteiger partial charge in [-0.1, -0.05) is 328 Å². The number of hydrogen-bond acceptors (Lipinski definition) is 7. The molecule has 0 aromatic rings. The van der Waals surface area contributed by atoms with Crippen molar-refractivity contribution in [2.75, 3.05) is 47.5 Å². The Morgan fingerprint density at radius 2 is 0.600 bits per heavy atom. The molecule has 0 radical (unpaired) electrons. The predicted molar refractivity (Wildman–Crippen MR) is 322 cm³/mol. The van der Waals surface area contributed by atoms with Gasteiger partial charge in [-0.2, -0.15) is 0 Å². The third-order valence-electron chi connectivity index (χ3n) is 15.4.